The quantitative estimate of drug-likeness (QED) is 0.720. The molecule has 0 radical (unpaired) electrons. The van der Waals surface area contributed by atoms with Crippen molar-refractivity contribution in [3.8, 4) is 17.1 Å². The van der Waals surface area contributed by atoms with Crippen LogP contribution in [-0.4, -0.2) is 40.2 Å². The number of aromatic nitrogens is 3. The summed E-state index contributed by atoms with van der Waals surface area (Å²) in [5.41, 5.74) is 2.15. The van der Waals surface area contributed by atoms with E-state index in [-0.39, 0.29) is 0 Å². The Morgan fingerprint density at radius 2 is 2.04 bits per heavy atom. The van der Waals surface area contributed by atoms with Crippen LogP contribution in [0.1, 0.15) is 17.4 Å². The molecule has 6 heteroatoms. The summed E-state index contributed by atoms with van der Waals surface area (Å²) in [6.07, 6.45) is 3.47. The molecule has 6 nitrogen and oxygen atoms in total. The smallest absolute Gasteiger partial charge is 0.232 e. The SMILES string of the molecule is COc1ccc(CN2CC(c3nc(-c4cccnc4)no3)C2)cc1. The van der Waals surface area contributed by atoms with Gasteiger partial charge in [0.15, 0.2) is 0 Å². The molecule has 0 spiro atoms. The molecule has 24 heavy (non-hydrogen) atoms. The predicted molar refractivity (Wildman–Crippen MR) is 88.5 cm³/mol. The Morgan fingerprint density at radius 1 is 1.21 bits per heavy atom. The Balaban J connectivity index is 1.35. The first-order chi connectivity index (χ1) is 11.8. The number of ether oxygens (including phenoxy) is 1. The Labute approximate surface area is 140 Å². The van der Waals surface area contributed by atoms with Crippen molar-refractivity contribution in [1.29, 1.82) is 0 Å². The number of likely N-dealkylation sites (tertiary alicyclic amines) is 1. The molecule has 2 aromatic heterocycles. The number of nitrogens with zero attached hydrogens (tertiary/aromatic N) is 4. The number of methoxy groups -OCH3 is 1. The molecule has 122 valence electrons. The fraction of sp³-hybridized carbons (Fsp3) is 0.278. The van der Waals surface area contributed by atoms with Crippen LogP contribution in [0.5, 0.6) is 5.75 Å². The van der Waals surface area contributed by atoms with Crippen LogP contribution >= 0.6 is 0 Å². The van der Waals surface area contributed by atoms with Crippen molar-refractivity contribution >= 4 is 0 Å². The van der Waals surface area contributed by atoms with E-state index in [0.717, 1.165) is 30.9 Å². The topological polar surface area (TPSA) is 64.3 Å². The summed E-state index contributed by atoms with van der Waals surface area (Å²) in [6, 6.07) is 12.0. The largest absolute Gasteiger partial charge is 0.497 e. The van der Waals surface area contributed by atoms with E-state index in [1.165, 1.54) is 5.56 Å². The minimum atomic E-state index is 0.307. The van der Waals surface area contributed by atoms with Gasteiger partial charge in [-0.2, -0.15) is 4.98 Å². The van der Waals surface area contributed by atoms with Crippen LogP contribution < -0.4 is 4.74 Å². The molecular formula is C18H18N4O2. The predicted octanol–water partition coefficient (Wildman–Crippen LogP) is 2.74. The van der Waals surface area contributed by atoms with E-state index in [9.17, 15) is 0 Å². The standard InChI is InChI=1S/C18H18N4O2/c1-23-16-6-4-13(5-7-16)10-22-11-15(12-22)18-20-17(21-24-18)14-3-2-8-19-9-14/h2-9,15H,10-12H2,1H3. The maximum Gasteiger partial charge on any atom is 0.232 e. The van der Waals surface area contributed by atoms with Crippen molar-refractivity contribution in [3.05, 3.63) is 60.2 Å². The molecule has 0 N–H and O–H groups in total. The van der Waals surface area contributed by atoms with Crippen LogP contribution in [0.4, 0.5) is 0 Å². The average molecular weight is 322 g/mol. The van der Waals surface area contributed by atoms with Gasteiger partial charge in [0.05, 0.1) is 13.0 Å². The molecule has 1 aliphatic rings. The van der Waals surface area contributed by atoms with Gasteiger partial charge in [-0.05, 0) is 29.8 Å². The number of benzene rings is 1. The third kappa shape index (κ3) is 3.00. The van der Waals surface area contributed by atoms with Gasteiger partial charge >= 0.3 is 0 Å². The Morgan fingerprint density at radius 3 is 2.75 bits per heavy atom. The zero-order chi connectivity index (χ0) is 16.4. The monoisotopic (exact) mass is 322 g/mol. The molecule has 0 unspecified atom stereocenters. The second-order valence-electron chi connectivity index (χ2n) is 5.94. The summed E-state index contributed by atoms with van der Waals surface area (Å²) >= 11 is 0. The summed E-state index contributed by atoms with van der Waals surface area (Å²) in [5, 5.41) is 4.06. The lowest BCUT2D eigenvalue weighted by Gasteiger charge is -2.37. The van der Waals surface area contributed by atoms with Gasteiger partial charge in [0, 0.05) is 37.6 Å². The van der Waals surface area contributed by atoms with E-state index in [4.69, 9.17) is 9.26 Å². The minimum absolute atomic E-state index is 0.307. The fourth-order valence-corrected chi connectivity index (χ4v) is 2.86. The van der Waals surface area contributed by atoms with Gasteiger partial charge < -0.3 is 9.26 Å². The van der Waals surface area contributed by atoms with E-state index in [2.05, 4.69) is 32.2 Å². The number of hydrogen-bond donors (Lipinski definition) is 0. The van der Waals surface area contributed by atoms with Crippen molar-refractivity contribution < 1.29 is 9.26 Å². The van der Waals surface area contributed by atoms with Crippen LogP contribution in [0.3, 0.4) is 0 Å². The third-order valence-electron chi connectivity index (χ3n) is 4.23. The second-order valence-corrected chi connectivity index (χ2v) is 5.94. The van der Waals surface area contributed by atoms with Crippen LogP contribution in [-0.2, 0) is 6.54 Å². The Bertz CT molecular complexity index is 795. The van der Waals surface area contributed by atoms with Crippen LogP contribution in [0.2, 0.25) is 0 Å². The summed E-state index contributed by atoms with van der Waals surface area (Å²) in [6.45, 7) is 2.78. The zero-order valence-corrected chi connectivity index (χ0v) is 13.4. The number of hydrogen-bond acceptors (Lipinski definition) is 6. The van der Waals surface area contributed by atoms with Gasteiger partial charge in [0.25, 0.3) is 0 Å². The molecule has 1 aliphatic heterocycles. The van der Waals surface area contributed by atoms with Crippen molar-refractivity contribution in [2.24, 2.45) is 0 Å². The molecule has 0 atom stereocenters. The highest BCUT2D eigenvalue weighted by atomic mass is 16.5. The highest BCUT2D eigenvalue weighted by Crippen LogP contribution is 2.28. The molecule has 0 saturated carbocycles. The third-order valence-corrected chi connectivity index (χ3v) is 4.23. The van der Waals surface area contributed by atoms with E-state index < -0.39 is 0 Å². The van der Waals surface area contributed by atoms with E-state index in [0.29, 0.717) is 17.6 Å². The van der Waals surface area contributed by atoms with Crippen molar-refractivity contribution in [3.63, 3.8) is 0 Å². The first kappa shape index (κ1) is 14.8. The zero-order valence-electron chi connectivity index (χ0n) is 13.4. The molecule has 4 rings (SSSR count). The van der Waals surface area contributed by atoms with Crippen LogP contribution in [0.15, 0.2) is 53.3 Å². The maximum atomic E-state index is 5.42. The van der Waals surface area contributed by atoms with Crippen LogP contribution in [0, 0.1) is 0 Å². The highest BCUT2D eigenvalue weighted by Gasteiger charge is 2.32. The molecule has 3 aromatic rings. The van der Waals surface area contributed by atoms with Gasteiger partial charge in [-0.15, -0.1) is 0 Å². The van der Waals surface area contributed by atoms with Crippen molar-refractivity contribution in [2.45, 2.75) is 12.5 Å². The summed E-state index contributed by atoms with van der Waals surface area (Å²) in [4.78, 5) is 10.9. The lowest BCUT2D eigenvalue weighted by atomic mass is 9.99. The summed E-state index contributed by atoms with van der Waals surface area (Å²) in [5.74, 6) is 2.50. The molecule has 1 saturated heterocycles. The Hall–Kier alpha value is -2.73. The normalized spacial score (nSPS) is 15.2. The van der Waals surface area contributed by atoms with Gasteiger partial charge in [-0.1, -0.05) is 17.3 Å². The van der Waals surface area contributed by atoms with E-state index >= 15 is 0 Å². The van der Waals surface area contributed by atoms with Gasteiger partial charge in [-0.25, -0.2) is 0 Å². The maximum absolute atomic E-state index is 5.42. The first-order valence-electron chi connectivity index (χ1n) is 7.91. The van der Waals surface area contributed by atoms with E-state index in [1.807, 2.05) is 24.3 Å². The average Bonchev–Trinajstić information content (AvgIpc) is 3.08. The molecular weight excluding hydrogens is 304 g/mol. The molecule has 0 bridgehead atoms. The van der Waals surface area contributed by atoms with Gasteiger partial charge in [-0.3, -0.25) is 9.88 Å². The molecule has 0 amide bonds. The van der Waals surface area contributed by atoms with Crippen molar-refractivity contribution in [2.75, 3.05) is 20.2 Å². The van der Waals surface area contributed by atoms with Crippen molar-refractivity contribution in [1.82, 2.24) is 20.0 Å². The molecule has 3 heterocycles. The molecule has 1 fully saturated rings. The molecule has 0 aliphatic carbocycles. The lowest BCUT2D eigenvalue weighted by Crippen LogP contribution is -2.44. The second kappa shape index (κ2) is 6.41. The fourth-order valence-electron chi connectivity index (χ4n) is 2.86. The lowest BCUT2D eigenvalue weighted by molar-refractivity contribution is 0.117. The summed E-state index contributed by atoms with van der Waals surface area (Å²) < 4.78 is 10.6. The van der Waals surface area contributed by atoms with Gasteiger partial charge in [0.1, 0.15) is 5.75 Å². The van der Waals surface area contributed by atoms with Gasteiger partial charge in [0.2, 0.25) is 11.7 Å². The highest BCUT2D eigenvalue weighted by molar-refractivity contribution is 5.51. The first-order valence-corrected chi connectivity index (χ1v) is 7.91. The minimum Gasteiger partial charge on any atom is -0.497 e. The molecule has 1 aromatic carbocycles. The summed E-state index contributed by atoms with van der Waals surface area (Å²) in [7, 11) is 1.68. The number of pyridine rings is 1. The van der Waals surface area contributed by atoms with E-state index in [1.54, 1.807) is 19.5 Å². The van der Waals surface area contributed by atoms with Crippen LogP contribution in [0.25, 0.3) is 11.4 Å². The number of rotatable bonds is 5. The Kier molecular flexibility index (Phi) is 3.96.